The van der Waals surface area contributed by atoms with Gasteiger partial charge in [0.15, 0.2) is 0 Å². The first-order chi connectivity index (χ1) is 4.33. The van der Waals surface area contributed by atoms with Gasteiger partial charge in [0.2, 0.25) is 0 Å². The topological polar surface area (TPSA) is 35.5 Å². The summed E-state index contributed by atoms with van der Waals surface area (Å²) in [5.41, 5.74) is 0. The number of halogens is 2. The highest BCUT2D eigenvalue weighted by molar-refractivity contribution is 5.85. The molecule has 5 heteroatoms. The van der Waals surface area contributed by atoms with E-state index in [2.05, 4.69) is 17.3 Å². The minimum absolute atomic E-state index is 0. The lowest BCUT2D eigenvalue weighted by molar-refractivity contribution is 0.168. The molecule has 0 radical (unpaired) electrons. The number of aliphatic hydroxyl groups excluding tert-OH is 1. The molecule has 0 aromatic heterocycles. The van der Waals surface area contributed by atoms with Crippen molar-refractivity contribution < 1.29 is 5.11 Å². The average Bonchev–Trinajstić information content (AvgIpc) is 1.88. The van der Waals surface area contributed by atoms with Gasteiger partial charge in [-0.15, -0.1) is 24.8 Å². The van der Waals surface area contributed by atoms with E-state index in [9.17, 15) is 0 Å². The van der Waals surface area contributed by atoms with Crippen molar-refractivity contribution in [2.45, 2.75) is 6.04 Å². The Hall–Kier alpha value is 0.460. The second kappa shape index (κ2) is 7.13. The van der Waals surface area contributed by atoms with Crippen molar-refractivity contribution in [3.8, 4) is 0 Å². The molecule has 1 fully saturated rings. The molecule has 0 aromatic carbocycles. The number of nitrogens with one attached hydrogen (secondary N) is 1. The molecule has 3 nitrogen and oxygen atoms in total. The van der Waals surface area contributed by atoms with Gasteiger partial charge in [0.05, 0.1) is 6.61 Å². The SMILES string of the molecule is CN1CCNC(CO)C1.Cl.Cl. The van der Waals surface area contributed by atoms with E-state index in [0.717, 1.165) is 19.6 Å². The van der Waals surface area contributed by atoms with E-state index in [4.69, 9.17) is 5.11 Å². The van der Waals surface area contributed by atoms with Crippen LogP contribution in [0.25, 0.3) is 0 Å². The van der Waals surface area contributed by atoms with Crippen molar-refractivity contribution in [3.63, 3.8) is 0 Å². The Balaban J connectivity index is 0. The molecule has 0 aliphatic carbocycles. The number of hydrogen-bond donors (Lipinski definition) is 2. The molecule has 1 atom stereocenters. The molecule has 1 unspecified atom stereocenters. The zero-order valence-electron chi connectivity index (χ0n) is 6.62. The monoisotopic (exact) mass is 202 g/mol. The molecule has 1 saturated heterocycles. The summed E-state index contributed by atoms with van der Waals surface area (Å²) in [4.78, 5) is 2.22. The molecular weight excluding hydrogens is 187 g/mol. The van der Waals surface area contributed by atoms with Crippen molar-refractivity contribution in [2.24, 2.45) is 0 Å². The van der Waals surface area contributed by atoms with Crippen LogP contribution in [0.2, 0.25) is 0 Å². The largest absolute Gasteiger partial charge is 0.395 e. The Morgan fingerprint density at radius 1 is 1.55 bits per heavy atom. The predicted molar refractivity (Wildman–Crippen MR) is 50.9 cm³/mol. The first kappa shape index (κ1) is 14.0. The molecule has 0 amide bonds. The van der Waals surface area contributed by atoms with E-state index >= 15 is 0 Å². The minimum atomic E-state index is 0. The fourth-order valence-corrected chi connectivity index (χ4v) is 1.11. The van der Waals surface area contributed by atoms with Crippen molar-refractivity contribution in [2.75, 3.05) is 33.3 Å². The van der Waals surface area contributed by atoms with Gasteiger partial charge in [-0.3, -0.25) is 0 Å². The quantitative estimate of drug-likeness (QED) is 0.615. The van der Waals surface area contributed by atoms with E-state index in [1.807, 2.05) is 0 Å². The molecule has 1 aliphatic rings. The maximum Gasteiger partial charge on any atom is 0.0597 e. The number of aliphatic hydroxyl groups is 1. The van der Waals surface area contributed by atoms with Crippen LogP contribution in [0, 0.1) is 0 Å². The standard InChI is InChI=1S/C6H14N2O.2ClH/c1-8-3-2-7-6(4-8)5-9;;/h6-7,9H,2-5H2,1H3;2*1H. The average molecular weight is 203 g/mol. The van der Waals surface area contributed by atoms with E-state index in [-0.39, 0.29) is 31.4 Å². The van der Waals surface area contributed by atoms with Gasteiger partial charge in [-0.25, -0.2) is 0 Å². The number of piperazine rings is 1. The van der Waals surface area contributed by atoms with Gasteiger partial charge in [-0.05, 0) is 7.05 Å². The summed E-state index contributed by atoms with van der Waals surface area (Å²) in [6, 6.07) is 0.295. The fraction of sp³-hybridized carbons (Fsp3) is 1.00. The predicted octanol–water partition coefficient (Wildman–Crippen LogP) is -0.274. The summed E-state index contributed by atoms with van der Waals surface area (Å²) in [5.74, 6) is 0. The van der Waals surface area contributed by atoms with Gasteiger partial charge in [0.25, 0.3) is 0 Å². The van der Waals surface area contributed by atoms with Crippen LogP contribution in [0.15, 0.2) is 0 Å². The first-order valence-corrected chi connectivity index (χ1v) is 3.35. The number of likely N-dealkylation sites (N-methyl/N-ethyl adjacent to an activating group) is 1. The third kappa shape index (κ3) is 4.82. The molecule has 2 N–H and O–H groups in total. The lowest BCUT2D eigenvalue weighted by Crippen LogP contribution is -2.50. The third-order valence-electron chi connectivity index (χ3n) is 1.68. The van der Waals surface area contributed by atoms with Crippen LogP contribution in [0.5, 0.6) is 0 Å². The maximum absolute atomic E-state index is 8.72. The molecule has 11 heavy (non-hydrogen) atoms. The first-order valence-electron chi connectivity index (χ1n) is 3.35. The number of hydrogen-bond acceptors (Lipinski definition) is 3. The van der Waals surface area contributed by atoms with Gasteiger partial charge in [0, 0.05) is 25.7 Å². The van der Waals surface area contributed by atoms with Gasteiger partial charge >= 0.3 is 0 Å². The van der Waals surface area contributed by atoms with Gasteiger partial charge in [0.1, 0.15) is 0 Å². The van der Waals surface area contributed by atoms with Crippen LogP contribution >= 0.6 is 24.8 Å². The highest BCUT2D eigenvalue weighted by Crippen LogP contribution is 1.93. The van der Waals surface area contributed by atoms with Gasteiger partial charge < -0.3 is 15.3 Å². The Labute approximate surface area is 80.0 Å². The fourth-order valence-electron chi connectivity index (χ4n) is 1.11. The smallest absolute Gasteiger partial charge is 0.0597 e. The van der Waals surface area contributed by atoms with Crippen molar-refractivity contribution in [1.29, 1.82) is 0 Å². The second-order valence-corrected chi connectivity index (χ2v) is 2.60. The van der Waals surface area contributed by atoms with Crippen LogP contribution in [0.4, 0.5) is 0 Å². The summed E-state index contributed by atoms with van der Waals surface area (Å²) in [6.07, 6.45) is 0. The highest BCUT2D eigenvalue weighted by Gasteiger charge is 2.13. The van der Waals surface area contributed by atoms with Crippen LogP contribution in [-0.4, -0.2) is 49.3 Å². The highest BCUT2D eigenvalue weighted by atomic mass is 35.5. The summed E-state index contributed by atoms with van der Waals surface area (Å²) in [6.45, 7) is 3.32. The minimum Gasteiger partial charge on any atom is -0.395 e. The molecule has 0 bridgehead atoms. The Bertz CT molecular complexity index is 94.7. The Morgan fingerprint density at radius 2 is 2.18 bits per heavy atom. The molecule has 0 saturated carbocycles. The molecular formula is C6H16Cl2N2O. The van der Waals surface area contributed by atoms with Gasteiger partial charge in [-0.1, -0.05) is 0 Å². The molecule has 1 rings (SSSR count). The van der Waals surface area contributed by atoms with Gasteiger partial charge in [-0.2, -0.15) is 0 Å². The lowest BCUT2D eigenvalue weighted by Gasteiger charge is -2.29. The van der Waals surface area contributed by atoms with Crippen molar-refractivity contribution in [1.82, 2.24) is 10.2 Å². The summed E-state index contributed by atoms with van der Waals surface area (Å²) >= 11 is 0. The number of nitrogens with zero attached hydrogens (tertiary/aromatic N) is 1. The molecule has 70 valence electrons. The van der Waals surface area contributed by atoms with E-state index in [0.29, 0.717) is 6.04 Å². The second-order valence-electron chi connectivity index (χ2n) is 2.60. The van der Waals surface area contributed by atoms with Crippen LogP contribution in [0.3, 0.4) is 0 Å². The van der Waals surface area contributed by atoms with Crippen LogP contribution in [0.1, 0.15) is 0 Å². The van der Waals surface area contributed by atoms with E-state index in [1.54, 1.807) is 0 Å². The third-order valence-corrected chi connectivity index (χ3v) is 1.68. The van der Waals surface area contributed by atoms with E-state index in [1.165, 1.54) is 0 Å². The molecule has 0 spiro atoms. The maximum atomic E-state index is 8.72. The normalized spacial score (nSPS) is 25.1. The molecule has 1 heterocycles. The van der Waals surface area contributed by atoms with Crippen LogP contribution in [-0.2, 0) is 0 Å². The Kier molecular flexibility index (Phi) is 9.08. The molecule has 1 aliphatic heterocycles. The lowest BCUT2D eigenvalue weighted by atomic mass is 10.2. The van der Waals surface area contributed by atoms with Crippen molar-refractivity contribution in [3.05, 3.63) is 0 Å². The van der Waals surface area contributed by atoms with E-state index < -0.39 is 0 Å². The zero-order chi connectivity index (χ0) is 6.69. The summed E-state index contributed by atoms with van der Waals surface area (Å²) in [7, 11) is 2.07. The summed E-state index contributed by atoms with van der Waals surface area (Å²) in [5, 5.41) is 11.9. The van der Waals surface area contributed by atoms with Crippen LogP contribution < -0.4 is 5.32 Å². The van der Waals surface area contributed by atoms with Crippen molar-refractivity contribution >= 4 is 24.8 Å². The Morgan fingerprint density at radius 3 is 2.55 bits per heavy atom. The zero-order valence-corrected chi connectivity index (χ0v) is 8.25. The summed E-state index contributed by atoms with van der Waals surface area (Å²) < 4.78 is 0. The molecule has 0 aromatic rings. The number of rotatable bonds is 1.